The van der Waals surface area contributed by atoms with Crippen LogP contribution in [0.3, 0.4) is 0 Å². The first-order valence-corrected chi connectivity index (χ1v) is 6.39. The van der Waals surface area contributed by atoms with E-state index in [0.29, 0.717) is 17.9 Å². The third-order valence-electron chi connectivity index (χ3n) is 3.62. The van der Waals surface area contributed by atoms with Gasteiger partial charge in [0, 0.05) is 12.2 Å². The highest BCUT2D eigenvalue weighted by Crippen LogP contribution is 2.30. The minimum absolute atomic E-state index is 0.0318. The Morgan fingerprint density at radius 2 is 2.22 bits per heavy atom. The summed E-state index contributed by atoms with van der Waals surface area (Å²) in [6.07, 6.45) is 4.95. The Morgan fingerprint density at radius 3 is 2.89 bits per heavy atom. The van der Waals surface area contributed by atoms with Gasteiger partial charge < -0.3 is 10.4 Å². The molecule has 1 fully saturated rings. The van der Waals surface area contributed by atoms with Crippen LogP contribution in [-0.4, -0.2) is 27.1 Å². The summed E-state index contributed by atoms with van der Waals surface area (Å²) in [5.74, 6) is 0.724. The lowest BCUT2D eigenvalue weighted by atomic mass is 9.80. The molecule has 0 spiro atoms. The van der Waals surface area contributed by atoms with E-state index in [-0.39, 0.29) is 5.69 Å². The zero-order valence-electron chi connectivity index (χ0n) is 10.8. The molecule has 1 saturated carbocycles. The third kappa shape index (κ3) is 2.97. The van der Waals surface area contributed by atoms with Crippen LogP contribution in [0.15, 0.2) is 12.3 Å². The van der Waals surface area contributed by atoms with Gasteiger partial charge in [0.05, 0.1) is 0 Å². The van der Waals surface area contributed by atoms with Crippen LogP contribution in [0.5, 0.6) is 0 Å². The number of hydrogen-bond donors (Lipinski definition) is 2. The van der Waals surface area contributed by atoms with Crippen LogP contribution in [0.1, 0.15) is 43.6 Å². The van der Waals surface area contributed by atoms with E-state index in [2.05, 4.69) is 29.1 Å². The SMILES string of the molecule is CC1CCC(Nc2nccc(C(=O)O)n2)C(C)C1. The highest BCUT2D eigenvalue weighted by Gasteiger charge is 2.25. The van der Waals surface area contributed by atoms with Gasteiger partial charge in [-0.2, -0.15) is 0 Å². The molecule has 1 heterocycles. The molecule has 1 aliphatic rings. The van der Waals surface area contributed by atoms with Crippen molar-refractivity contribution in [1.82, 2.24) is 9.97 Å². The number of carbonyl (C=O) groups is 1. The lowest BCUT2D eigenvalue weighted by Crippen LogP contribution is -2.33. The summed E-state index contributed by atoms with van der Waals surface area (Å²) in [6.45, 7) is 4.49. The lowest BCUT2D eigenvalue weighted by Gasteiger charge is -2.33. The first kappa shape index (κ1) is 12.8. The quantitative estimate of drug-likeness (QED) is 0.860. The van der Waals surface area contributed by atoms with Crippen LogP contribution >= 0.6 is 0 Å². The Morgan fingerprint density at radius 1 is 1.44 bits per heavy atom. The second-order valence-corrected chi connectivity index (χ2v) is 5.22. The minimum Gasteiger partial charge on any atom is -0.477 e. The largest absolute Gasteiger partial charge is 0.477 e. The Balaban J connectivity index is 2.05. The van der Waals surface area contributed by atoms with Crippen molar-refractivity contribution in [2.24, 2.45) is 11.8 Å². The van der Waals surface area contributed by atoms with Gasteiger partial charge in [-0.1, -0.05) is 13.8 Å². The van der Waals surface area contributed by atoms with Gasteiger partial charge in [-0.3, -0.25) is 0 Å². The maximum Gasteiger partial charge on any atom is 0.354 e. The fourth-order valence-corrected chi connectivity index (χ4v) is 2.59. The molecule has 1 aliphatic carbocycles. The average Bonchev–Trinajstić information content (AvgIpc) is 2.33. The van der Waals surface area contributed by atoms with Crippen molar-refractivity contribution in [2.75, 3.05) is 5.32 Å². The van der Waals surface area contributed by atoms with E-state index in [9.17, 15) is 4.79 Å². The van der Waals surface area contributed by atoms with Crippen molar-refractivity contribution >= 4 is 11.9 Å². The molecule has 3 unspecified atom stereocenters. The molecule has 5 heteroatoms. The molecule has 0 aromatic carbocycles. The first-order chi connectivity index (χ1) is 8.56. The summed E-state index contributed by atoms with van der Waals surface area (Å²) in [5.41, 5.74) is 0.0318. The van der Waals surface area contributed by atoms with Gasteiger partial charge in [0.2, 0.25) is 5.95 Å². The summed E-state index contributed by atoms with van der Waals surface area (Å²) >= 11 is 0. The van der Waals surface area contributed by atoms with E-state index in [1.807, 2.05) is 0 Å². The molecule has 2 rings (SSSR count). The fraction of sp³-hybridized carbons (Fsp3) is 0.615. The number of nitrogens with one attached hydrogen (secondary N) is 1. The molecule has 5 nitrogen and oxygen atoms in total. The summed E-state index contributed by atoms with van der Waals surface area (Å²) in [7, 11) is 0. The van der Waals surface area contributed by atoms with E-state index in [4.69, 9.17) is 5.11 Å². The molecule has 0 saturated heterocycles. The molecular weight excluding hydrogens is 230 g/mol. The topological polar surface area (TPSA) is 75.1 Å². The normalized spacial score (nSPS) is 27.8. The van der Waals surface area contributed by atoms with Crippen LogP contribution in [0.4, 0.5) is 5.95 Å². The zero-order chi connectivity index (χ0) is 13.1. The van der Waals surface area contributed by atoms with Gasteiger partial charge in [0.25, 0.3) is 0 Å². The number of hydrogen-bond acceptors (Lipinski definition) is 4. The Labute approximate surface area is 107 Å². The van der Waals surface area contributed by atoms with Crippen molar-refractivity contribution in [3.63, 3.8) is 0 Å². The predicted molar refractivity (Wildman–Crippen MR) is 68.6 cm³/mol. The second kappa shape index (κ2) is 5.33. The number of carboxylic acid groups (broad SMARTS) is 1. The lowest BCUT2D eigenvalue weighted by molar-refractivity contribution is 0.0690. The highest BCUT2D eigenvalue weighted by molar-refractivity contribution is 5.85. The van der Waals surface area contributed by atoms with Crippen LogP contribution in [0.2, 0.25) is 0 Å². The molecule has 1 aromatic rings. The van der Waals surface area contributed by atoms with Crippen LogP contribution < -0.4 is 5.32 Å². The molecular formula is C13H19N3O2. The first-order valence-electron chi connectivity index (χ1n) is 6.39. The fourth-order valence-electron chi connectivity index (χ4n) is 2.59. The molecule has 0 radical (unpaired) electrons. The summed E-state index contributed by atoms with van der Waals surface area (Å²) < 4.78 is 0. The number of rotatable bonds is 3. The molecule has 18 heavy (non-hydrogen) atoms. The second-order valence-electron chi connectivity index (χ2n) is 5.22. The molecule has 98 valence electrons. The van der Waals surface area contributed by atoms with Gasteiger partial charge in [0.1, 0.15) is 0 Å². The molecule has 1 aromatic heterocycles. The Kier molecular flexibility index (Phi) is 3.79. The summed E-state index contributed by atoms with van der Waals surface area (Å²) in [6, 6.07) is 1.74. The van der Waals surface area contributed by atoms with E-state index in [0.717, 1.165) is 12.3 Å². The monoisotopic (exact) mass is 249 g/mol. The molecule has 2 N–H and O–H groups in total. The third-order valence-corrected chi connectivity index (χ3v) is 3.62. The zero-order valence-corrected chi connectivity index (χ0v) is 10.8. The van der Waals surface area contributed by atoms with Crippen molar-refractivity contribution < 1.29 is 9.90 Å². The Bertz CT molecular complexity index is 436. The molecule has 0 amide bonds. The van der Waals surface area contributed by atoms with Crippen molar-refractivity contribution in [2.45, 2.75) is 39.2 Å². The van der Waals surface area contributed by atoms with E-state index in [1.54, 1.807) is 0 Å². The maximum absolute atomic E-state index is 10.8. The van der Waals surface area contributed by atoms with Crippen LogP contribution in [-0.2, 0) is 0 Å². The van der Waals surface area contributed by atoms with Crippen molar-refractivity contribution in [3.8, 4) is 0 Å². The van der Waals surface area contributed by atoms with Gasteiger partial charge in [-0.15, -0.1) is 0 Å². The predicted octanol–water partition coefficient (Wildman–Crippen LogP) is 2.41. The molecule has 0 aliphatic heterocycles. The maximum atomic E-state index is 10.8. The van der Waals surface area contributed by atoms with Gasteiger partial charge in [0.15, 0.2) is 5.69 Å². The van der Waals surface area contributed by atoms with Crippen LogP contribution in [0, 0.1) is 11.8 Å². The molecule has 0 bridgehead atoms. The number of carboxylic acids is 1. The van der Waals surface area contributed by atoms with E-state index >= 15 is 0 Å². The highest BCUT2D eigenvalue weighted by atomic mass is 16.4. The average molecular weight is 249 g/mol. The van der Waals surface area contributed by atoms with Crippen molar-refractivity contribution in [3.05, 3.63) is 18.0 Å². The summed E-state index contributed by atoms with van der Waals surface area (Å²) in [4.78, 5) is 18.9. The van der Waals surface area contributed by atoms with Gasteiger partial charge in [-0.25, -0.2) is 14.8 Å². The van der Waals surface area contributed by atoms with E-state index in [1.165, 1.54) is 25.1 Å². The Hall–Kier alpha value is -1.65. The van der Waals surface area contributed by atoms with E-state index < -0.39 is 5.97 Å². The van der Waals surface area contributed by atoms with Crippen LogP contribution in [0.25, 0.3) is 0 Å². The van der Waals surface area contributed by atoms with Gasteiger partial charge in [-0.05, 0) is 37.2 Å². The number of nitrogens with zero attached hydrogens (tertiary/aromatic N) is 2. The summed E-state index contributed by atoms with van der Waals surface area (Å²) in [5, 5.41) is 12.1. The standard InChI is InChI=1S/C13H19N3O2/c1-8-3-4-10(9(2)7-8)15-13-14-6-5-11(16-13)12(17)18/h5-6,8-10H,3-4,7H2,1-2H3,(H,17,18)(H,14,15,16). The molecule has 3 atom stereocenters. The smallest absolute Gasteiger partial charge is 0.354 e. The van der Waals surface area contributed by atoms with Gasteiger partial charge >= 0.3 is 5.97 Å². The minimum atomic E-state index is -1.02. The number of aromatic nitrogens is 2. The van der Waals surface area contributed by atoms with Crippen molar-refractivity contribution in [1.29, 1.82) is 0 Å². The number of aromatic carboxylic acids is 1. The number of anilines is 1.